The minimum absolute atomic E-state index is 0.116. The van der Waals surface area contributed by atoms with E-state index in [1.165, 1.54) is 14.2 Å². The van der Waals surface area contributed by atoms with Crippen LogP contribution in [0, 0.1) is 11.3 Å². The third kappa shape index (κ3) is 5.03. The van der Waals surface area contributed by atoms with E-state index in [4.69, 9.17) is 5.26 Å². The van der Waals surface area contributed by atoms with Gasteiger partial charge in [0.2, 0.25) is 5.91 Å². The van der Waals surface area contributed by atoms with E-state index >= 15 is 0 Å². The molecule has 1 amide bonds. The molecule has 2 heterocycles. The Hall–Kier alpha value is -2.93. The molecule has 2 aromatic carbocycles. The standard InChI is InChI=1S/C24H29N5O3S/c1-19(30)27-11-13-28(14-12-27)24-8-7-23-18-29(10-9-22(23)15-24)33(31,32)26(2)17-21-5-3-20(16-25)4-6-21/h3-8,15H,9-14,17-18H2,1-2H3. The average molecular weight is 468 g/mol. The maximum atomic E-state index is 13.2. The number of nitriles is 1. The number of amides is 1. The van der Waals surface area contributed by atoms with Crippen LogP contribution >= 0.6 is 0 Å². The fraction of sp³-hybridized carbons (Fsp3) is 0.417. The van der Waals surface area contributed by atoms with Crippen molar-refractivity contribution in [2.75, 3.05) is 44.7 Å². The van der Waals surface area contributed by atoms with Gasteiger partial charge in [0.1, 0.15) is 0 Å². The molecule has 33 heavy (non-hydrogen) atoms. The topological polar surface area (TPSA) is 88.0 Å². The molecule has 0 aliphatic carbocycles. The summed E-state index contributed by atoms with van der Waals surface area (Å²) in [6.45, 7) is 5.72. The SMILES string of the molecule is CC(=O)N1CCN(c2ccc3c(c2)CCN(S(=O)(=O)N(C)Cc2ccc(C#N)cc2)C3)CC1. The first-order chi connectivity index (χ1) is 15.8. The van der Waals surface area contributed by atoms with Crippen LogP contribution in [-0.4, -0.2) is 67.6 Å². The molecule has 0 unspecified atom stereocenters. The second-order valence-corrected chi connectivity index (χ2v) is 10.6. The number of rotatable bonds is 5. The van der Waals surface area contributed by atoms with Crippen molar-refractivity contribution >= 4 is 21.8 Å². The van der Waals surface area contributed by atoms with Gasteiger partial charge in [-0.25, -0.2) is 0 Å². The van der Waals surface area contributed by atoms with Gasteiger partial charge in [-0.3, -0.25) is 4.79 Å². The Kier molecular flexibility index (Phi) is 6.70. The van der Waals surface area contributed by atoms with Crippen LogP contribution in [-0.2, 0) is 34.5 Å². The van der Waals surface area contributed by atoms with E-state index in [9.17, 15) is 13.2 Å². The van der Waals surface area contributed by atoms with Crippen molar-refractivity contribution in [1.29, 1.82) is 5.26 Å². The van der Waals surface area contributed by atoms with Crippen LogP contribution in [0.5, 0.6) is 0 Å². The van der Waals surface area contributed by atoms with Crippen molar-refractivity contribution < 1.29 is 13.2 Å². The first-order valence-corrected chi connectivity index (χ1v) is 12.5. The number of anilines is 1. The number of fused-ring (bicyclic) bond motifs is 1. The third-order valence-electron chi connectivity index (χ3n) is 6.47. The lowest BCUT2D eigenvalue weighted by atomic mass is 10.00. The second kappa shape index (κ2) is 9.51. The molecule has 2 aromatic rings. The molecular weight excluding hydrogens is 438 g/mol. The zero-order valence-electron chi connectivity index (χ0n) is 19.1. The Morgan fingerprint density at radius 1 is 1.03 bits per heavy atom. The van der Waals surface area contributed by atoms with Crippen LogP contribution in [0.2, 0.25) is 0 Å². The molecule has 2 aliphatic rings. The molecule has 4 rings (SSSR count). The summed E-state index contributed by atoms with van der Waals surface area (Å²) >= 11 is 0. The first kappa shape index (κ1) is 23.2. The molecule has 0 atom stereocenters. The highest BCUT2D eigenvalue weighted by Crippen LogP contribution is 2.27. The van der Waals surface area contributed by atoms with Crippen molar-refractivity contribution in [2.45, 2.75) is 26.4 Å². The highest BCUT2D eigenvalue weighted by Gasteiger charge is 2.30. The van der Waals surface area contributed by atoms with E-state index in [0.29, 0.717) is 25.1 Å². The van der Waals surface area contributed by atoms with Gasteiger partial charge in [0, 0.05) is 65.5 Å². The van der Waals surface area contributed by atoms with Crippen LogP contribution in [0.1, 0.15) is 29.2 Å². The number of benzene rings is 2. The van der Waals surface area contributed by atoms with Crippen molar-refractivity contribution in [3.05, 3.63) is 64.7 Å². The van der Waals surface area contributed by atoms with Crippen LogP contribution in [0.15, 0.2) is 42.5 Å². The summed E-state index contributed by atoms with van der Waals surface area (Å²) in [4.78, 5) is 15.7. The van der Waals surface area contributed by atoms with Gasteiger partial charge in [0.25, 0.3) is 10.2 Å². The van der Waals surface area contributed by atoms with Crippen LogP contribution in [0.25, 0.3) is 0 Å². The molecule has 0 spiro atoms. The normalized spacial score (nSPS) is 17.0. The number of hydrogen-bond donors (Lipinski definition) is 0. The number of carbonyl (C=O) groups is 1. The average Bonchev–Trinajstić information content (AvgIpc) is 2.83. The number of hydrogen-bond acceptors (Lipinski definition) is 5. The second-order valence-electron chi connectivity index (χ2n) is 8.60. The molecule has 0 aromatic heterocycles. The quantitative estimate of drug-likeness (QED) is 0.671. The molecule has 174 valence electrons. The fourth-order valence-electron chi connectivity index (χ4n) is 4.41. The molecule has 0 bridgehead atoms. The van der Waals surface area contributed by atoms with E-state index < -0.39 is 10.2 Å². The summed E-state index contributed by atoms with van der Waals surface area (Å²) in [5.74, 6) is 0.116. The van der Waals surface area contributed by atoms with Crippen molar-refractivity contribution in [3.63, 3.8) is 0 Å². The zero-order chi connectivity index (χ0) is 23.6. The Balaban J connectivity index is 1.41. The number of nitrogens with zero attached hydrogens (tertiary/aromatic N) is 5. The molecular formula is C24H29N5O3S. The number of carbonyl (C=O) groups excluding carboxylic acids is 1. The summed E-state index contributed by atoms with van der Waals surface area (Å²) < 4.78 is 29.3. The molecule has 1 saturated heterocycles. The Morgan fingerprint density at radius 2 is 1.73 bits per heavy atom. The largest absolute Gasteiger partial charge is 0.368 e. The minimum atomic E-state index is -3.61. The fourth-order valence-corrected chi connectivity index (χ4v) is 5.74. The molecule has 0 radical (unpaired) electrons. The maximum Gasteiger partial charge on any atom is 0.282 e. The summed E-state index contributed by atoms with van der Waals surface area (Å²) in [6, 6.07) is 15.3. The van der Waals surface area contributed by atoms with E-state index in [-0.39, 0.29) is 12.5 Å². The molecule has 0 N–H and O–H groups in total. The van der Waals surface area contributed by atoms with Gasteiger partial charge in [-0.05, 0) is 47.4 Å². The van der Waals surface area contributed by atoms with E-state index in [0.717, 1.165) is 43.0 Å². The predicted molar refractivity (Wildman–Crippen MR) is 127 cm³/mol. The number of piperazine rings is 1. The molecule has 1 fully saturated rings. The molecule has 9 heteroatoms. The third-order valence-corrected chi connectivity index (χ3v) is 8.35. The van der Waals surface area contributed by atoms with E-state index in [1.807, 2.05) is 11.0 Å². The van der Waals surface area contributed by atoms with Gasteiger partial charge in [-0.2, -0.15) is 22.3 Å². The lowest BCUT2D eigenvalue weighted by Crippen LogP contribution is -2.48. The predicted octanol–water partition coefficient (Wildman–Crippen LogP) is 1.96. The molecule has 2 aliphatic heterocycles. The highest BCUT2D eigenvalue weighted by molar-refractivity contribution is 7.86. The van der Waals surface area contributed by atoms with Crippen LogP contribution in [0.4, 0.5) is 5.69 Å². The monoisotopic (exact) mass is 467 g/mol. The van der Waals surface area contributed by atoms with Crippen molar-refractivity contribution in [2.24, 2.45) is 0 Å². The van der Waals surface area contributed by atoms with Crippen molar-refractivity contribution in [1.82, 2.24) is 13.5 Å². The van der Waals surface area contributed by atoms with Gasteiger partial charge in [-0.15, -0.1) is 0 Å². The van der Waals surface area contributed by atoms with Gasteiger partial charge in [0.15, 0.2) is 0 Å². The first-order valence-electron chi connectivity index (χ1n) is 11.1. The van der Waals surface area contributed by atoms with Gasteiger partial charge >= 0.3 is 0 Å². The molecule has 8 nitrogen and oxygen atoms in total. The van der Waals surface area contributed by atoms with Gasteiger partial charge in [-0.1, -0.05) is 18.2 Å². The van der Waals surface area contributed by atoms with Crippen LogP contribution < -0.4 is 4.90 Å². The van der Waals surface area contributed by atoms with Crippen LogP contribution in [0.3, 0.4) is 0 Å². The summed E-state index contributed by atoms with van der Waals surface area (Å²) in [7, 11) is -2.02. The lowest BCUT2D eigenvalue weighted by Gasteiger charge is -2.36. The Bertz CT molecular complexity index is 1170. The Morgan fingerprint density at radius 3 is 2.36 bits per heavy atom. The van der Waals surface area contributed by atoms with E-state index in [1.54, 1.807) is 38.2 Å². The zero-order valence-corrected chi connectivity index (χ0v) is 19.9. The Labute approximate surface area is 195 Å². The van der Waals surface area contributed by atoms with E-state index in [2.05, 4.69) is 23.1 Å². The summed E-state index contributed by atoms with van der Waals surface area (Å²) in [5.41, 5.74) is 4.74. The summed E-state index contributed by atoms with van der Waals surface area (Å²) in [6.07, 6.45) is 0.667. The highest BCUT2D eigenvalue weighted by atomic mass is 32.2. The summed E-state index contributed by atoms with van der Waals surface area (Å²) in [5, 5.41) is 8.93. The smallest absolute Gasteiger partial charge is 0.282 e. The van der Waals surface area contributed by atoms with Crippen molar-refractivity contribution in [3.8, 4) is 6.07 Å². The maximum absolute atomic E-state index is 13.2. The van der Waals surface area contributed by atoms with Gasteiger partial charge < -0.3 is 9.80 Å². The molecule has 0 saturated carbocycles. The van der Waals surface area contributed by atoms with Gasteiger partial charge in [0.05, 0.1) is 11.6 Å². The minimum Gasteiger partial charge on any atom is -0.368 e. The lowest BCUT2D eigenvalue weighted by molar-refractivity contribution is -0.129.